The van der Waals surface area contributed by atoms with Crippen molar-refractivity contribution in [3.05, 3.63) is 65.7 Å². The molecule has 0 aliphatic rings. The molecule has 2 atom stereocenters. The second-order valence-electron chi connectivity index (χ2n) is 7.33. The van der Waals surface area contributed by atoms with Gasteiger partial charge in [0.05, 0.1) is 5.69 Å². The van der Waals surface area contributed by atoms with E-state index in [-0.39, 0.29) is 11.8 Å². The lowest BCUT2D eigenvalue weighted by molar-refractivity contribution is -0.153. The molecule has 0 saturated heterocycles. The highest BCUT2D eigenvalue weighted by atomic mass is 19.1. The Hall–Kier alpha value is -2.43. The normalized spacial score (nSPS) is 13.2. The van der Waals surface area contributed by atoms with E-state index < -0.39 is 23.6 Å². The van der Waals surface area contributed by atoms with E-state index >= 15 is 0 Å². The van der Waals surface area contributed by atoms with Crippen molar-refractivity contribution >= 4 is 11.7 Å². The molecule has 0 fully saturated rings. The molecule has 5 heteroatoms. The van der Waals surface area contributed by atoms with E-state index in [0.717, 1.165) is 25.7 Å². The molecule has 1 N–H and O–H groups in total. The molecule has 0 amide bonds. The van der Waals surface area contributed by atoms with Crippen molar-refractivity contribution in [3.63, 3.8) is 0 Å². The number of esters is 1. The number of benzene rings is 2. The summed E-state index contributed by atoms with van der Waals surface area (Å²) in [7, 11) is 0. The molecule has 2 aromatic carbocycles. The van der Waals surface area contributed by atoms with Gasteiger partial charge in [-0.3, -0.25) is 0 Å². The van der Waals surface area contributed by atoms with Gasteiger partial charge in [0.2, 0.25) is 0 Å². The first-order valence-electron chi connectivity index (χ1n) is 10.5. The molecule has 29 heavy (non-hydrogen) atoms. The Kier molecular flexibility index (Phi) is 9.10. The van der Waals surface area contributed by atoms with Crippen LogP contribution in [-0.2, 0) is 9.53 Å². The molecule has 158 valence electrons. The maximum Gasteiger partial charge on any atom is 0.333 e. The smallest absolute Gasteiger partial charge is 0.333 e. The summed E-state index contributed by atoms with van der Waals surface area (Å²) in [4.78, 5) is 13.1. The third-order valence-electron chi connectivity index (χ3n) is 5.13. The van der Waals surface area contributed by atoms with Crippen LogP contribution in [0, 0.1) is 17.6 Å². The number of rotatable bonds is 11. The van der Waals surface area contributed by atoms with Crippen molar-refractivity contribution in [2.45, 2.75) is 65.0 Å². The number of carbonyl (C=O) groups excluding carboxylic acids is 1. The van der Waals surface area contributed by atoms with Gasteiger partial charge in [-0.25, -0.2) is 13.6 Å². The van der Waals surface area contributed by atoms with Gasteiger partial charge in [-0.2, -0.15) is 0 Å². The van der Waals surface area contributed by atoms with E-state index in [0.29, 0.717) is 17.9 Å². The van der Waals surface area contributed by atoms with Crippen LogP contribution in [0.4, 0.5) is 14.5 Å². The molecule has 0 aromatic heterocycles. The van der Waals surface area contributed by atoms with Crippen LogP contribution in [0.2, 0.25) is 0 Å². The maximum atomic E-state index is 14.2. The summed E-state index contributed by atoms with van der Waals surface area (Å²) in [5.74, 6) is -1.05. The number of para-hydroxylation sites is 1. The summed E-state index contributed by atoms with van der Waals surface area (Å²) in [5, 5.41) is 2.94. The number of carbonyl (C=O) groups is 1. The first kappa shape index (κ1) is 22.9. The molecular weight excluding hydrogens is 372 g/mol. The highest BCUT2D eigenvalue weighted by Gasteiger charge is 2.29. The van der Waals surface area contributed by atoms with E-state index in [4.69, 9.17) is 4.74 Å². The zero-order chi connectivity index (χ0) is 21.2. The molecule has 0 aliphatic heterocycles. The van der Waals surface area contributed by atoms with Gasteiger partial charge in [0, 0.05) is 0 Å². The van der Waals surface area contributed by atoms with Crippen LogP contribution in [0.5, 0.6) is 0 Å². The summed E-state index contributed by atoms with van der Waals surface area (Å²) in [6.07, 6.45) is 4.53. The fourth-order valence-corrected chi connectivity index (χ4v) is 3.66. The summed E-state index contributed by atoms with van der Waals surface area (Å²) in [6.45, 7) is 6.25. The second-order valence-corrected chi connectivity index (χ2v) is 7.33. The van der Waals surface area contributed by atoms with Crippen LogP contribution in [-0.4, -0.2) is 12.1 Å². The standard InChI is InChI=1S/C24H31F2NO2/c1-4-9-17(10-5-2)22(6-3)29-24(28)23(18-13-15-19(25)16-14-18)27-21-12-8-7-11-20(21)26/h7-8,11-17,22-23,27H,4-6,9-10H2,1-3H3/t22-,23?/m0/s1. The molecule has 0 bridgehead atoms. The summed E-state index contributed by atoms with van der Waals surface area (Å²) >= 11 is 0. The Labute approximate surface area is 172 Å². The molecule has 2 rings (SSSR count). The fourth-order valence-electron chi connectivity index (χ4n) is 3.66. The number of halogens is 2. The van der Waals surface area contributed by atoms with Crippen LogP contribution < -0.4 is 5.32 Å². The lowest BCUT2D eigenvalue weighted by atomic mass is 9.91. The minimum Gasteiger partial charge on any atom is -0.460 e. The van der Waals surface area contributed by atoms with Crippen LogP contribution in [0.3, 0.4) is 0 Å². The molecular formula is C24H31F2NO2. The Morgan fingerprint density at radius 3 is 2.14 bits per heavy atom. The Morgan fingerprint density at radius 2 is 1.59 bits per heavy atom. The summed E-state index contributed by atoms with van der Waals surface area (Å²) in [5.41, 5.74) is 0.725. The molecule has 0 spiro atoms. The van der Waals surface area contributed by atoms with E-state index in [1.807, 2.05) is 6.92 Å². The second kappa shape index (κ2) is 11.5. The van der Waals surface area contributed by atoms with Gasteiger partial charge in [0.25, 0.3) is 0 Å². The van der Waals surface area contributed by atoms with E-state index in [1.165, 1.54) is 30.3 Å². The number of hydrogen-bond acceptors (Lipinski definition) is 3. The fraction of sp³-hybridized carbons (Fsp3) is 0.458. The van der Waals surface area contributed by atoms with Crippen molar-refractivity contribution in [1.82, 2.24) is 0 Å². The molecule has 3 nitrogen and oxygen atoms in total. The number of nitrogens with one attached hydrogen (secondary N) is 1. The monoisotopic (exact) mass is 403 g/mol. The highest BCUT2D eigenvalue weighted by Crippen LogP contribution is 2.28. The maximum absolute atomic E-state index is 14.2. The number of hydrogen-bond donors (Lipinski definition) is 1. The third-order valence-corrected chi connectivity index (χ3v) is 5.13. The van der Waals surface area contributed by atoms with Crippen molar-refractivity contribution in [2.75, 3.05) is 5.32 Å². The zero-order valence-electron chi connectivity index (χ0n) is 17.5. The molecule has 0 radical (unpaired) electrons. The molecule has 0 saturated carbocycles. The SMILES string of the molecule is CCCC(CCC)[C@H](CC)OC(=O)C(Nc1ccccc1F)c1ccc(F)cc1. The highest BCUT2D eigenvalue weighted by molar-refractivity contribution is 5.81. The summed E-state index contributed by atoms with van der Waals surface area (Å²) < 4.78 is 33.5. The quantitative estimate of drug-likeness (QED) is 0.427. The van der Waals surface area contributed by atoms with Gasteiger partial charge in [-0.1, -0.05) is 57.9 Å². The van der Waals surface area contributed by atoms with Gasteiger partial charge in [-0.15, -0.1) is 0 Å². The van der Waals surface area contributed by atoms with E-state index in [1.54, 1.807) is 18.2 Å². The van der Waals surface area contributed by atoms with Crippen LogP contribution in [0.25, 0.3) is 0 Å². The Balaban J connectivity index is 2.27. The topological polar surface area (TPSA) is 38.3 Å². The van der Waals surface area contributed by atoms with Crippen molar-refractivity contribution in [2.24, 2.45) is 5.92 Å². The van der Waals surface area contributed by atoms with Crippen LogP contribution in [0.15, 0.2) is 48.5 Å². The van der Waals surface area contributed by atoms with Gasteiger partial charge in [0.1, 0.15) is 17.7 Å². The van der Waals surface area contributed by atoms with Gasteiger partial charge in [0.15, 0.2) is 6.04 Å². The first-order chi connectivity index (χ1) is 14.0. The predicted molar refractivity (Wildman–Crippen MR) is 113 cm³/mol. The molecule has 2 aromatic rings. The largest absolute Gasteiger partial charge is 0.460 e. The van der Waals surface area contributed by atoms with Crippen LogP contribution in [0.1, 0.15) is 64.5 Å². The molecule has 0 heterocycles. The number of ether oxygens (including phenoxy) is 1. The third kappa shape index (κ3) is 6.55. The average molecular weight is 404 g/mol. The van der Waals surface area contributed by atoms with E-state index in [2.05, 4.69) is 19.2 Å². The minimum absolute atomic E-state index is 0.200. The number of anilines is 1. The minimum atomic E-state index is -0.926. The lowest BCUT2D eigenvalue weighted by Gasteiger charge is -2.28. The van der Waals surface area contributed by atoms with Crippen molar-refractivity contribution < 1.29 is 18.3 Å². The lowest BCUT2D eigenvalue weighted by Crippen LogP contribution is -2.32. The molecule has 0 aliphatic carbocycles. The van der Waals surface area contributed by atoms with Crippen LogP contribution >= 0.6 is 0 Å². The van der Waals surface area contributed by atoms with Crippen molar-refractivity contribution in [3.8, 4) is 0 Å². The summed E-state index contributed by atoms with van der Waals surface area (Å²) in [6, 6.07) is 10.8. The average Bonchev–Trinajstić information content (AvgIpc) is 2.72. The van der Waals surface area contributed by atoms with Gasteiger partial charge in [-0.05, 0) is 55.0 Å². The first-order valence-corrected chi connectivity index (χ1v) is 10.5. The zero-order valence-corrected chi connectivity index (χ0v) is 17.5. The molecule has 1 unspecified atom stereocenters. The van der Waals surface area contributed by atoms with Crippen molar-refractivity contribution in [1.29, 1.82) is 0 Å². The Bertz CT molecular complexity index is 758. The van der Waals surface area contributed by atoms with Gasteiger partial charge >= 0.3 is 5.97 Å². The van der Waals surface area contributed by atoms with Gasteiger partial charge < -0.3 is 10.1 Å². The predicted octanol–water partition coefficient (Wildman–Crippen LogP) is 6.66. The van der Waals surface area contributed by atoms with E-state index in [9.17, 15) is 13.6 Å². The Morgan fingerprint density at radius 1 is 0.966 bits per heavy atom.